The van der Waals surface area contributed by atoms with Gasteiger partial charge in [-0.2, -0.15) is 0 Å². The number of aromatic hydroxyl groups is 1. The van der Waals surface area contributed by atoms with Gasteiger partial charge in [0, 0.05) is 11.0 Å². The highest BCUT2D eigenvalue weighted by Gasteiger charge is 2.37. The minimum absolute atomic E-state index is 0.0116. The maximum atomic E-state index is 11.6. The van der Waals surface area contributed by atoms with Crippen molar-refractivity contribution in [3.63, 3.8) is 0 Å². The van der Waals surface area contributed by atoms with Crippen LogP contribution in [0, 0.1) is 5.41 Å². The molecule has 0 amide bonds. The molecular formula is C28H33N3O. The fourth-order valence-corrected chi connectivity index (χ4v) is 4.02. The van der Waals surface area contributed by atoms with Gasteiger partial charge < -0.3 is 5.11 Å². The molecule has 1 heterocycles. The monoisotopic (exact) mass is 427 g/mol. The van der Waals surface area contributed by atoms with Crippen LogP contribution < -0.4 is 0 Å². The van der Waals surface area contributed by atoms with Crippen LogP contribution in [-0.2, 0) is 10.8 Å². The third-order valence-electron chi connectivity index (χ3n) is 7.36. The highest BCUT2D eigenvalue weighted by molar-refractivity contribution is 5.74. The van der Waals surface area contributed by atoms with E-state index in [2.05, 4.69) is 76.9 Å². The molecule has 0 fully saturated rings. The zero-order valence-corrected chi connectivity index (χ0v) is 20.1. The van der Waals surface area contributed by atoms with Gasteiger partial charge in [-0.05, 0) is 40.2 Å². The third-order valence-corrected chi connectivity index (χ3v) is 7.36. The van der Waals surface area contributed by atoms with E-state index in [1.807, 2.05) is 48.5 Å². The maximum Gasteiger partial charge on any atom is 0.147 e. The molecule has 4 nitrogen and oxygen atoms in total. The van der Waals surface area contributed by atoms with Crippen LogP contribution in [0.4, 0.5) is 0 Å². The van der Waals surface area contributed by atoms with Crippen LogP contribution in [-0.4, -0.2) is 20.1 Å². The lowest BCUT2D eigenvalue weighted by molar-refractivity contribution is 0.225. The minimum atomic E-state index is -0.406. The van der Waals surface area contributed by atoms with Crippen LogP contribution in [0.2, 0.25) is 0 Å². The van der Waals surface area contributed by atoms with Gasteiger partial charge >= 0.3 is 0 Å². The topological polar surface area (TPSA) is 50.9 Å². The Morgan fingerprint density at radius 1 is 0.688 bits per heavy atom. The quantitative estimate of drug-likeness (QED) is 0.391. The number of phenols is 1. The summed E-state index contributed by atoms with van der Waals surface area (Å²) < 4.78 is 0. The molecule has 1 aromatic heterocycles. The summed E-state index contributed by atoms with van der Waals surface area (Å²) in [6.45, 7) is 15.6. The molecule has 0 aliphatic rings. The van der Waals surface area contributed by atoms with Crippen molar-refractivity contribution in [1.82, 2.24) is 15.0 Å². The summed E-state index contributed by atoms with van der Waals surface area (Å²) >= 11 is 0. The number of hydrogen-bond donors (Lipinski definition) is 1. The summed E-state index contributed by atoms with van der Waals surface area (Å²) in [5, 5.41) is 20.9. The Balaban J connectivity index is 2.02. The molecule has 32 heavy (non-hydrogen) atoms. The fourth-order valence-electron chi connectivity index (χ4n) is 4.02. The Kier molecular flexibility index (Phi) is 5.15. The fraction of sp³-hybridized carbons (Fsp3) is 0.357. The lowest BCUT2D eigenvalue weighted by atomic mass is 9.64. The molecule has 0 atom stereocenters. The predicted octanol–water partition coefficient (Wildman–Crippen LogP) is 6.78. The van der Waals surface area contributed by atoms with E-state index in [-0.39, 0.29) is 16.6 Å². The number of benzene rings is 3. The second kappa shape index (κ2) is 7.47. The second-order valence-electron chi connectivity index (χ2n) is 10.7. The molecule has 0 bridgehead atoms. The number of nitrogens with zero attached hydrogens (tertiary/aromatic N) is 3. The van der Waals surface area contributed by atoms with E-state index in [0.717, 1.165) is 27.7 Å². The van der Waals surface area contributed by atoms with Crippen LogP contribution in [0.25, 0.3) is 16.7 Å². The Morgan fingerprint density at radius 2 is 1.22 bits per heavy atom. The molecule has 0 saturated carbocycles. The summed E-state index contributed by atoms with van der Waals surface area (Å²) in [5.74, 6) is 0.215. The predicted molar refractivity (Wildman–Crippen MR) is 132 cm³/mol. The number of aromatic nitrogens is 3. The van der Waals surface area contributed by atoms with E-state index in [1.54, 1.807) is 4.80 Å². The van der Waals surface area contributed by atoms with E-state index in [4.69, 9.17) is 0 Å². The average molecular weight is 428 g/mol. The Bertz CT molecular complexity index is 1230. The molecule has 4 heteroatoms. The van der Waals surface area contributed by atoms with Gasteiger partial charge in [-0.3, -0.25) is 0 Å². The molecule has 0 radical (unpaired) electrons. The van der Waals surface area contributed by atoms with Crippen molar-refractivity contribution in [1.29, 1.82) is 0 Å². The molecule has 0 spiro atoms. The zero-order valence-electron chi connectivity index (χ0n) is 20.1. The van der Waals surface area contributed by atoms with E-state index in [9.17, 15) is 5.11 Å². The molecule has 3 aromatic carbocycles. The molecule has 0 unspecified atom stereocenters. The molecule has 4 aromatic rings. The molecular weight excluding hydrogens is 394 g/mol. The molecule has 166 valence electrons. The van der Waals surface area contributed by atoms with Crippen LogP contribution in [0.1, 0.15) is 65.2 Å². The minimum Gasteiger partial charge on any atom is -0.505 e. The first kappa shape index (κ1) is 22.1. The largest absolute Gasteiger partial charge is 0.505 e. The van der Waals surface area contributed by atoms with Gasteiger partial charge in [0.2, 0.25) is 0 Å². The standard InChI is InChI=1S/C28H33N3O/c1-26(2,3)28(6,7)20-17-21(27(4,5)19-13-9-8-10-14-19)25(32)24(18-20)31-29-22-15-11-12-16-23(22)30-31/h8-18,32H,1-7H3. The van der Waals surface area contributed by atoms with Crippen molar-refractivity contribution in [3.05, 3.63) is 83.4 Å². The van der Waals surface area contributed by atoms with Gasteiger partial charge in [-0.15, -0.1) is 15.0 Å². The highest BCUT2D eigenvalue weighted by Crippen LogP contribution is 2.46. The van der Waals surface area contributed by atoms with Gasteiger partial charge in [-0.25, -0.2) is 0 Å². The van der Waals surface area contributed by atoms with Crippen molar-refractivity contribution in [3.8, 4) is 11.4 Å². The summed E-state index contributed by atoms with van der Waals surface area (Å²) in [6.07, 6.45) is 0. The Labute approximate surface area is 190 Å². The first-order valence-corrected chi connectivity index (χ1v) is 11.2. The lowest BCUT2D eigenvalue weighted by Gasteiger charge is -2.40. The SMILES string of the molecule is CC(C)(c1ccccc1)c1cc(C(C)(C)C(C)(C)C)cc(-n2nc3ccccc3n2)c1O. The molecule has 0 aliphatic carbocycles. The van der Waals surface area contributed by atoms with Gasteiger partial charge in [0.05, 0.1) is 0 Å². The summed E-state index contributed by atoms with van der Waals surface area (Å²) in [6, 6.07) is 22.3. The molecule has 1 N–H and O–H groups in total. The van der Waals surface area contributed by atoms with Crippen LogP contribution in [0.15, 0.2) is 66.7 Å². The van der Waals surface area contributed by atoms with Gasteiger partial charge in [0.1, 0.15) is 22.5 Å². The summed E-state index contributed by atoms with van der Waals surface area (Å²) in [5.41, 5.74) is 4.83. The number of fused-ring (bicyclic) bond motifs is 1. The number of phenolic OH excluding ortho intramolecular Hbond substituents is 1. The Hall–Kier alpha value is -3.14. The normalized spacial score (nSPS) is 13.0. The van der Waals surface area contributed by atoms with E-state index in [0.29, 0.717) is 5.69 Å². The summed E-state index contributed by atoms with van der Waals surface area (Å²) in [4.78, 5) is 1.58. The van der Waals surface area contributed by atoms with Gasteiger partial charge in [0.15, 0.2) is 0 Å². The first-order valence-electron chi connectivity index (χ1n) is 11.2. The van der Waals surface area contributed by atoms with Gasteiger partial charge in [-0.1, -0.05) is 97.0 Å². The zero-order chi connectivity index (χ0) is 23.3. The highest BCUT2D eigenvalue weighted by atomic mass is 16.3. The van der Waals surface area contributed by atoms with Gasteiger partial charge in [0.25, 0.3) is 0 Å². The molecule has 0 saturated heterocycles. The maximum absolute atomic E-state index is 11.6. The summed E-state index contributed by atoms with van der Waals surface area (Å²) in [7, 11) is 0. The van der Waals surface area contributed by atoms with E-state index >= 15 is 0 Å². The van der Waals surface area contributed by atoms with Crippen molar-refractivity contribution < 1.29 is 5.11 Å². The average Bonchev–Trinajstić information content (AvgIpc) is 3.17. The van der Waals surface area contributed by atoms with Crippen molar-refractivity contribution in [2.24, 2.45) is 5.41 Å². The van der Waals surface area contributed by atoms with Crippen LogP contribution in [0.5, 0.6) is 5.75 Å². The number of hydrogen-bond acceptors (Lipinski definition) is 3. The molecule has 0 aliphatic heterocycles. The van der Waals surface area contributed by atoms with E-state index < -0.39 is 5.41 Å². The van der Waals surface area contributed by atoms with Crippen molar-refractivity contribution >= 4 is 11.0 Å². The van der Waals surface area contributed by atoms with Crippen LogP contribution in [0.3, 0.4) is 0 Å². The van der Waals surface area contributed by atoms with E-state index in [1.165, 1.54) is 0 Å². The van der Waals surface area contributed by atoms with Crippen molar-refractivity contribution in [2.45, 2.75) is 59.3 Å². The third kappa shape index (κ3) is 3.58. The van der Waals surface area contributed by atoms with Crippen LogP contribution >= 0.6 is 0 Å². The second-order valence-corrected chi connectivity index (χ2v) is 10.7. The molecule has 4 rings (SSSR count). The Morgan fingerprint density at radius 3 is 1.75 bits per heavy atom. The first-order chi connectivity index (χ1) is 14.9. The number of rotatable bonds is 4. The lowest BCUT2D eigenvalue weighted by Crippen LogP contribution is -2.34. The smallest absolute Gasteiger partial charge is 0.147 e. The van der Waals surface area contributed by atoms with Crippen molar-refractivity contribution in [2.75, 3.05) is 0 Å².